The summed E-state index contributed by atoms with van der Waals surface area (Å²) >= 11 is 0. The van der Waals surface area contributed by atoms with Crippen LogP contribution in [0.15, 0.2) is 30.9 Å². The molecule has 18 heavy (non-hydrogen) atoms. The lowest BCUT2D eigenvalue weighted by Crippen LogP contribution is -2.30. The third-order valence-corrected chi connectivity index (χ3v) is 2.69. The van der Waals surface area contributed by atoms with Crippen molar-refractivity contribution < 1.29 is 18.3 Å². The summed E-state index contributed by atoms with van der Waals surface area (Å²) in [7, 11) is 0. The number of esters is 1. The number of carbonyl (C=O) groups is 1. The van der Waals surface area contributed by atoms with E-state index in [4.69, 9.17) is 4.74 Å². The molecular formula is C14H16F2O2. The first-order chi connectivity index (χ1) is 8.41. The summed E-state index contributed by atoms with van der Waals surface area (Å²) in [6.45, 7) is 7.16. The van der Waals surface area contributed by atoms with E-state index < -0.39 is 23.0 Å². The van der Waals surface area contributed by atoms with Gasteiger partial charge < -0.3 is 4.74 Å². The highest BCUT2D eigenvalue weighted by molar-refractivity contribution is 5.79. The van der Waals surface area contributed by atoms with Crippen LogP contribution in [0.3, 0.4) is 0 Å². The molecule has 0 aliphatic carbocycles. The second kappa shape index (κ2) is 5.76. The van der Waals surface area contributed by atoms with Gasteiger partial charge in [0.05, 0.1) is 12.0 Å². The molecule has 1 rings (SSSR count). The number of benzene rings is 1. The first-order valence-corrected chi connectivity index (χ1v) is 5.67. The van der Waals surface area contributed by atoms with Crippen molar-refractivity contribution in [2.24, 2.45) is 5.41 Å². The molecule has 0 bridgehead atoms. The van der Waals surface area contributed by atoms with Crippen molar-refractivity contribution in [1.29, 1.82) is 0 Å². The van der Waals surface area contributed by atoms with Crippen molar-refractivity contribution in [3.8, 4) is 0 Å². The highest BCUT2D eigenvalue weighted by Gasteiger charge is 2.31. The first-order valence-electron chi connectivity index (χ1n) is 5.67. The molecule has 1 aromatic carbocycles. The first kappa shape index (κ1) is 14.4. The molecule has 1 aromatic rings. The normalized spacial score (nSPS) is 13.8. The number of rotatable bonds is 5. The average molecular weight is 254 g/mol. The summed E-state index contributed by atoms with van der Waals surface area (Å²) in [5.74, 6) is -1.79. The van der Waals surface area contributed by atoms with Gasteiger partial charge in [0.25, 0.3) is 0 Å². The maximum atomic E-state index is 13.1. The van der Waals surface area contributed by atoms with Crippen LogP contribution in [0.1, 0.15) is 19.4 Å². The molecule has 0 radical (unpaired) electrons. The largest absolute Gasteiger partial charge is 0.465 e. The highest BCUT2D eigenvalue weighted by Crippen LogP contribution is 2.26. The smallest absolute Gasteiger partial charge is 0.315 e. The molecule has 0 aliphatic rings. The molecule has 0 N–H and O–H groups in total. The van der Waals surface area contributed by atoms with Crippen LogP contribution in [0.4, 0.5) is 8.78 Å². The lowest BCUT2D eigenvalue weighted by molar-refractivity contribution is -0.151. The lowest BCUT2D eigenvalue weighted by Gasteiger charge is -2.23. The summed E-state index contributed by atoms with van der Waals surface area (Å²) in [4.78, 5) is 11.8. The maximum Gasteiger partial charge on any atom is 0.315 e. The van der Waals surface area contributed by atoms with Gasteiger partial charge in [-0.3, -0.25) is 4.79 Å². The summed E-state index contributed by atoms with van der Waals surface area (Å²) in [6, 6.07) is 3.19. The molecule has 0 aromatic heterocycles. The Balaban J connectivity index is 2.97. The fourth-order valence-corrected chi connectivity index (χ4v) is 1.66. The van der Waals surface area contributed by atoms with Gasteiger partial charge in [0, 0.05) is 6.07 Å². The van der Waals surface area contributed by atoms with Crippen LogP contribution in [0, 0.1) is 17.0 Å². The summed E-state index contributed by atoms with van der Waals surface area (Å²) in [5, 5.41) is 0. The van der Waals surface area contributed by atoms with Crippen LogP contribution in [0.5, 0.6) is 0 Å². The molecule has 0 saturated heterocycles. The Kier molecular flexibility index (Phi) is 4.59. The third kappa shape index (κ3) is 3.39. The van der Waals surface area contributed by atoms with Gasteiger partial charge in [-0.2, -0.15) is 0 Å². The van der Waals surface area contributed by atoms with Crippen LogP contribution in [0.25, 0.3) is 0 Å². The summed E-state index contributed by atoms with van der Waals surface area (Å²) in [6.07, 6.45) is 1.58. The Morgan fingerprint density at radius 3 is 2.39 bits per heavy atom. The Morgan fingerprint density at radius 1 is 1.39 bits per heavy atom. The topological polar surface area (TPSA) is 26.3 Å². The third-order valence-electron chi connectivity index (χ3n) is 2.69. The number of hydrogen-bond acceptors (Lipinski definition) is 2. The minimum Gasteiger partial charge on any atom is -0.465 e. The summed E-state index contributed by atoms with van der Waals surface area (Å²) in [5.41, 5.74) is -0.598. The molecule has 0 saturated carbocycles. The molecule has 0 spiro atoms. The van der Waals surface area contributed by atoms with E-state index in [9.17, 15) is 13.6 Å². The van der Waals surface area contributed by atoms with E-state index in [0.29, 0.717) is 5.56 Å². The Labute approximate surface area is 105 Å². The molecule has 98 valence electrons. The van der Waals surface area contributed by atoms with Gasteiger partial charge in [-0.25, -0.2) is 8.78 Å². The predicted molar refractivity (Wildman–Crippen MR) is 65.0 cm³/mol. The van der Waals surface area contributed by atoms with E-state index in [2.05, 4.69) is 6.58 Å². The van der Waals surface area contributed by atoms with Crippen LogP contribution >= 0.6 is 0 Å². The van der Waals surface area contributed by atoms with Crippen molar-refractivity contribution in [3.63, 3.8) is 0 Å². The fourth-order valence-electron chi connectivity index (χ4n) is 1.66. The van der Waals surface area contributed by atoms with Crippen molar-refractivity contribution in [3.05, 3.63) is 48.1 Å². The average Bonchev–Trinajstić information content (AvgIpc) is 2.27. The van der Waals surface area contributed by atoms with Gasteiger partial charge in [0.15, 0.2) is 0 Å². The zero-order valence-corrected chi connectivity index (χ0v) is 10.5. The SMILES string of the molecule is C=CC(C)(Cc1cc(F)cc(F)c1)C(=O)OCC. The second-order valence-corrected chi connectivity index (χ2v) is 4.30. The van der Waals surface area contributed by atoms with Gasteiger partial charge in [-0.15, -0.1) is 6.58 Å². The van der Waals surface area contributed by atoms with E-state index in [-0.39, 0.29) is 13.0 Å². The molecule has 1 unspecified atom stereocenters. The minimum absolute atomic E-state index is 0.143. The lowest BCUT2D eigenvalue weighted by atomic mass is 9.84. The Bertz CT molecular complexity index is 437. The molecule has 2 nitrogen and oxygen atoms in total. The molecule has 0 fully saturated rings. The van der Waals surface area contributed by atoms with Gasteiger partial charge in [-0.05, 0) is 38.0 Å². The molecule has 4 heteroatoms. The standard InChI is InChI=1S/C14H16F2O2/c1-4-14(3,13(17)18-5-2)9-10-6-11(15)8-12(16)7-10/h4,6-8H,1,5,9H2,2-3H3. The van der Waals surface area contributed by atoms with Crippen molar-refractivity contribution >= 4 is 5.97 Å². The fraction of sp³-hybridized carbons (Fsp3) is 0.357. The van der Waals surface area contributed by atoms with Crippen LogP contribution < -0.4 is 0 Å². The van der Waals surface area contributed by atoms with Crippen molar-refractivity contribution in [1.82, 2.24) is 0 Å². The molecule has 0 aliphatic heterocycles. The Hall–Kier alpha value is -1.71. The molecule has 0 amide bonds. The van der Waals surface area contributed by atoms with E-state index in [0.717, 1.165) is 6.07 Å². The van der Waals surface area contributed by atoms with E-state index in [1.54, 1.807) is 13.8 Å². The summed E-state index contributed by atoms with van der Waals surface area (Å²) < 4.78 is 31.1. The van der Waals surface area contributed by atoms with Crippen molar-refractivity contribution in [2.45, 2.75) is 20.3 Å². The second-order valence-electron chi connectivity index (χ2n) is 4.30. The number of hydrogen-bond donors (Lipinski definition) is 0. The van der Waals surface area contributed by atoms with Gasteiger partial charge in [-0.1, -0.05) is 6.08 Å². The van der Waals surface area contributed by atoms with Crippen molar-refractivity contribution in [2.75, 3.05) is 6.61 Å². The monoisotopic (exact) mass is 254 g/mol. The molecular weight excluding hydrogens is 238 g/mol. The van der Waals surface area contributed by atoms with E-state index in [1.807, 2.05) is 0 Å². The minimum atomic E-state index is -0.990. The van der Waals surface area contributed by atoms with Crippen LogP contribution in [-0.4, -0.2) is 12.6 Å². The number of carbonyl (C=O) groups excluding carboxylic acids is 1. The number of ether oxygens (including phenoxy) is 1. The van der Waals surface area contributed by atoms with Crippen LogP contribution in [0.2, 0.25) is 0 Å². The van der Waals surface area contributed by atoms with E-state index in [1.165, 1.54) is 18.2 Å². The molecule has 0 heterocycles. The maximum absolute atomic E-state index is 13.1. The van der Waals surface area contributed by atoms with E-state index >= 15 is 0 Å². The highest BCUT2D eigenvalue weighted by atomic mass is 19.1. The van der Waals surface area contributed by atoms with Gasteiger partial charge >= 0.3 is 5.97 Å². The predicted octanol–water partition coefficient (Wildman–Crippen LogP) is 3.26. The van der Waals surface area contributed by atoms with Gasteiger partial charge in [0.2, 0.25) is 0 Å². The zero-order chi connectivity index (χ0) is 13.8. The quantitative estimate of drug-likeness (QED) is 0.595. The van der Waals surface area contributed by atoms with Gasteiger partial charge in [0.1, 0.15) is 11.6 Å². The number of halogens is 2. The van der Waals surface area contributed by atoms with Crippen LogP contribution in [-0.2, 0) is 16.0 Å². The Morgan fingerprint density at radius 2 is 1.94 bits per heavy atom. The molecule has 1 atom stereocenters. The zero-order valence-electron chi connectivity index (χ0n) is 10.5.